The molecule has 4 aliphatic rings. The summed E-state index contributed by atoms with van der Waals surface area (Å²) in [6.07, 6.45) is 2.80. The first-order valence-electron chi connectivity index (χ1n) is 12.3. The van der Waals surface area contributed by atoms with E-state index in [1.165, 1.54) is 23.1 Å². The summed E-state index contributed by atoms with van der Waals surface area (Å²) < 4.78 is 20.4. The molecule has 3 atom stereocenters. The predicted molar refractivity (Wildman–Crippen MR) is 137 cm³/mol. The number of ether oxygens (including phenoxy) is 1. The molecule has 0 aliphatic carbocycles. The fraction of sp³-hybridized carbons (Fsp3) is 0.462. The summed E-state index contributed by atoms with van der Waals surface area (Å²) in [7, 11) is 0. The molecule has 2 bridgehead atoms. The lowest BCUT2D eigenvalue weighted by molar-refractivity contribution is -0.140. The maximum Gasteiger partial charge on any atom is 0.317 e. The van der Waals surface area contributed by atoms with Gasteiger partial charge in [-0.15, -0.1) is 0 Å². The number of piperidine rings is 1. The van der Waals surface area contributed by atoms with E-state index in [1.54, 1.807) is 6.92 Å². The Bertz CT molecular complexity index is 1260. The molecule has 3 fully saturated rings. The number of nitrogens with one attached hydrogen (secondary N) is 2. The molecule has 5 rings (SSSR count). The molecule has 0 spiro atoms. The third kappa shape index (κ3) is 5.00. The summed E-state index contributed by atoms with van der Waals surface area (Å²) in [5, 5.41) is 21.3. The third-order valence-corrected chi connectivity index (χ3v) is 8.05. The molecule has 4 heterocycles. The lowest BCUT2D eigenvalue weighted by atomic mass is 9.99. The number of carboxylic acid groups (broad SMARTS) is 1. The minimum Gasteiger partial charge on any atom is -0.489 e. The minimum atomic E-state index is -0.849. The van der Waals surface area contributed by atoms with Gasteiger partial charge in [0.2, 0.25) is 0 Å². The lowest BCUT2D eigenvalue weighted by Gasteiger charge is -2.38. The molecule has 1 amide bonds. The van der Waals surface area contributed by atoms with Crippen LogP contribution in [0.3, 0.4) is 0 Å². The molecular weight excluding hydrogens is 501 g/mol. The van der Waals surface area contributed by atoms with Gasteiger partial charge in [-0.25, -0.2) is 9.38 Å². The number of benzene rings is 1. The van der Waals surface area contributed by atoms with Crippen LogP contribution in [0, 0.1) is 11.2 Å². The van der Waals surface area contributed by atoms with Crippen molar-refractivity contribution in [2.75, 3.05) is 19.6 Å². The van der Waals surface area contributed by atoms with Crippen LogP contribution in [0.4, 0.5) is 4.39 Å². The van der Waals surface area contributed by atoms with Crippen molar-refractivity contribution >= 4 is 34.9 Å². The van der Waals surface area contributed by atoms with Crippen LogP contribution in [0.25, 0.3) is 0 Å². The topological polar surface area (TPSA) is 118 Å². The Morgan fingerprint density at radius 2 is 1.95 bits per heavy atom. The van der Waals surface area contributed by atoms with Crippen LogP contribution in [0.2, 0.25) is 0 Å². The van der Waals surface area contributed by atoms with Crippen molar-refractivity contribution in [1.82, 2.24) is 15.1 Å². The number of halogens is 2. The lowest BCUT2D eigenvalue weighted by Crippen LogP contribution is -2.48. The van der Waals surface area contributed by atoms with Crippen molar-refractivity contribution in [3.63, 3.8) is 0 Å². The fourth-order valence-corrected chi connectivity index (χ4v) is 5.83. The van der Waals surface area contributed by atoms with E-state index in [2.05, 4.69) is 10.3 Å². The van der Waals surface area contributed by atoms with Crippen molar-refractivity contribution in [2.45, 2.75) is 57.7 Å². The molecule has 3 saturated heterocycles. The molecule has 3 N–H and O–H groups in total. The van der Waals surface area contributed by atoms with E-state index >= 15 is 0 Å². The summed E-state index contributed by atoms with van der Waals surface area (Å²) in [4.78, 5) is 32.8. The van der Waals surface area contributed by atoms with E-state index in [0.29, 0.717) is 35.0 Å². The van der Waals surface area contributed by atoms with Gasteiger partial charge in [-0.2, -0.15) is 0 Å². The molecule has 0 aromatic heterocycles. The second-order valence-electron chi connectivity index (χ2n) is 10.0. The summed E-state index contributed by atoms with van der Waals surface area (Å²) >= 11 is 6.22. The number of carboxylic acids is 1. The average Bonchev–Trinajstić information content (AvgIpc) is 3.32. The van der Waals surface area contributed by atoms with Crippen LogP contribution in [0.1, 0.15) is 49.9 Å². The molecule has 0 saturated carbocycles. The SMILES string of the molecule is CC1=N/C(=C2\CN(C(=O)c3ccc(F)cc3O[C@H]3C[C@H]4CC[C@@H](C3)N4CC(=O)O)CC2=N)NC(C)=C1Cl. The quantitative estimate of drug-likeness (QED) is 0.537. The molecule has 1 aromatic carbocycles. The highest BCUT2D eigenvalue weighted by Crippen LogP contribution is 2.38. The number of amides is 1. The number of carbonyl (C=O) groups is 2. The van der Waals surface area contributed by atoms with Crippen LogP contribution < -0.4 is 10.1 Å². The van der Waals surface area contributed by atoms with Crippen molar-refractivity contribution in [2.24, 2.45) is 4.99 Å². The van der Waals surface area contributed by atoms with E-state index in [4.69, 9.17) is 21.7 Å². The molecule has 0 radical (unpaired) electrons. The normalized spacial score (nSPS) is 27.9. The highest BCUT2D eigenvalue weighted by molar-refractivity contribution is 6.43. The largest absolute Gasteiger partial charge is 0.489 e. The van der Waals surface area contributed by atoms with Gasteiger partial charge >= 0.3 is 5.97 Å². The summed E-state index contributed by atoms with van der Waals surface area (Å²) in [5.74, 6) is -1.05. The highest BCUT2D eigenvalue weighted by atomic mass is 35.5. The Hall–Kier alpha value is -3.24. The monoisotopic (exact) mass is 529 g/mol. The summed E-state index contributed by atoms with van der Waals surface area (Å²) in [5.41, 5.74) is 2.46. The Morgan fingerprint density at radius 3 is 2.59 bits per heavy atom. The Labute approximate surface area is 219 Å². The van der Waals surface area contributed by atoms with Gasteiger partial charge in [0.25, 0.3) is 5.91 Å². The Balaban J connectivity index is 1.34. The minimum absolute atomic E-state index is 0.00442. The van der Waals surface area contributed by atoms with Crippen LogP contribution in [0.5, 0.6) is 5.75 Å². The zero-order valence-corrected chi connectivity index (χ0v) is 21.4. The van der Waals surface area contributed by atoms with Gasteiger partial charge in [-0.3, -0.25) is 14.5 Å². The molecule has 196 valence electrons. The average molecular weight is 530 g/mol. The summed E-state index contributed by atoms with van der Waals surface area (Å²) in [6, 6.07) is 4.07. The smallest absolute Gasteiger partial charge is 0.317 e. The van der Waals surface area contributed by atoms with Crippen molar-refractivity contribution < 1.29 is 23.8 Å². The number of hydrogen-bond acceptors (Lipinski definition) is 7. The van der Waals surface area contributed by atoms with Gasteiger partial charge in [-0.05, 0) is 51.7 Å². The number of likely N-dealkylation sites (tertiary alicyclic amines) is 1. The van der Waals surface area contributed by atoms with Gasteiger partial charge in [-0.1, -0.05) is 11.6 Å². The van der Waals surface area contributed by atoms with Crippen molar-refractivity contribution in [3.8, 4) is 5.75 Å². The van der Waals surface area contributed by atoms with E-state index in [0.717, 1.165) is 18.5 Å². The number of nitrogens with zero attached hydrogens (tertiary/aromatic N) is 3. The van der Waals surface area contributed by atoms with Crippen molar-refractivity contribution in [1.29, 1.82) is 5.41 Å². The van der Waals surface area contributed by atoms with E-state index in [-0.39, 0.29) is 60.8 Å². The standard InChI is InChI=1S/C26H29ClFN5O4/c1-13-24(27)14(2)31-25(30-13)20-10-32(11-21(20)29)26(36)19-6-3-15(28)7-22(19)37-18-8-16-4-5-17(9-18)33(16)12-23(34)35/h3,6-7,16-18,29-30H,4-5,8-12H2,1-2H3,(H,34,35)/b25-20+,29-21?/t16-,17+,18+. The van der Waals surface area contributed by atoms with Gasteiger partial charge in [0.05, 0.1) is 41.7 Å². The highest BCUT2D eigenvalue weighted by Gasteiger charge is 2.42. The maximum absolute atomic E-state index is 14.2. The first-order valence-corrected chi connectivity index (χ1v) is 12.7. The number of allylic oxidation sites excluding steroid dienone is 2. The van der Waals surface area contributed by atoms with Crippen LogP contribution >= 0.6 is 11.6 Å². The molecule has 0 unspecified atom stereocenters. The maximum atomic E-state index is 14.2. The number of fused-ring (bicyclic) bond motifs is 2. The van der Waals surface area contributed by atoms with E-state index < -0.39 is 11.8 Å². The zero-order chi connectivity index (χ0) is 26.4. The van der Waals surface area contributed by atoms with E-state index in [1.807, 2.05) is 11.8 Å². The number of aliphatic imine (C=N–C) groups is 1. The van der Waals surface area contributed by atoms with Gasteiger partial charge in [0.15, 0.2) is 0 Å². The van der Waals surface area contributed by atoms with Crippen molar-refractivity contribution in [3.05, 3.63) is 51.7 Å². The first kappa shape index (κ1) is 25.4. The number of carbonyl (C=O) groups excluding carboxylic acids is 1. The number of rotatable bonds is 5. The second kappa shape index (κ2) is 9.90. The molecule has 4 aliphatic heterocycles. The molecule has 1 aromatic rings. The molecule has 37 heavy (non-hydrogen) atoms. The Morgan fingerprint density at radius 1 is 1.24 bits per heavy atom. The van der Waals surface area contributed by atoms with Crippen LogP contribution in [-0.2, 0) is 4.79 Å². The van der Waals surface area contributed by atoms with Gasteiger partial charge in [0, 0.05) is 29.4 Å². The molecule has 9 nitrogen and oxygen atoms in total. The molecule has 11 heteroatoms. The van der Waals surface area contributed by atoms with Gasteiger partial charge < -0.3 is 25.5 Å². The summed E-state index contributed by atoms with van der Waals surface area (Å²) in [6.45, 7) is 3.89. The Kier molecular flexibility index (Phi) is 6.80. The van der Waals surface area contributed by atoms with Gasteiger partial charge in [0.1, 0.15) is 23.5 Å². The van der Waals surface area contributed by atoms with Crippen LogP contribution in [-0.4, -0.2) is 76.0 Å². The third-order valence-electron chi connectivity index (χ3n) is 7.49. The number of aliphatic carboxylic acids is 1. The van der Waals surface area contributed by atoms with Crippen LogP contribution in [0.15, 0.2) is 45.3 Å². The zero-order valence-electron chi connectivity index (χ0n) is 20.7. The fourth-order valence-electron chi connectivity index (χ4n) is 5.74. The number of hydrogen-bond donors (Lipinski definition) is 3. The first-order chi connectivity index (χ1) is 17.6. The predicted octanol–water partition coefficient (Wildman–Crippen LogP) is 3.51. The molecular formula is C26H29ClFN5O4. The van der Waals surface area contributed by atoms with E-state index in [9.17, 15) is 19.1 Å². The second-order valence-corrected chi connectivity index (χ2v) is 10.4.